The fourth-order valence-corrected chi connectivity index (χ4v) is 1.36. The quantitative estimate of drug-likeness (QED) is 0.830. The third kappa shape index (κ3) is 2.41. The van der Waals surface area contributed by atoms with Crippen molar-refractivity contribution < 1.29 is 17.9 Å². The van der Waals surface area contributed by atoms with Crippen LogP contribution in [0.5, 0.6) is 5.75 Å². The van der Waals surface area contributed by atoms with Gasteiger partial charge in [0.2, 0.25) is 0 Å². The second kappa shape index (κ2) is 4.10. The summed E-state index contributed by atoms with van der Waals surface area (Å²) < 4.78 is 42.4. The molecule has 0 aromatic heterocycles. The van der Waals surface area contributed by atoms with E-state index in [4.69, 9.17) is 10.5 Å². The lowest BCUT2D eigenvalue weighted by atomic mass is 10.0. The summed E-state index contributed by atoms with van der Waals surface area (Å²) in [5.74, 6) is -0.194. The predicted octanol–water partition coefficient (Wildman–Crippen LogP) is 2.73. The minimum atomic E-state index is -4.42. The van der Waals surface area contributed by atoms with Crippen molar-refractivity contribution in [3.05, 3.63) is 29.3 Å². The Kier molecular flexibility index (Phi) is 3.24. The van der Waals surface area contributed by atoms with Gasteiger partial charge in [-0.05, 0) is 13.0 Å². The number of ether oxygens (including phenoxy) is 1. The first-order valence-electron chi connectivity index (χ1n) is 4.37. The minimum absolute atomic E-state index is 0.194. The molecular weight excluding hydrogens is 207 g/mol. The Morgan fingerprint density at radius 2 is 1.93 bits per heavy atom. The van der Waals surface area contributed by atoms with E-state index in [1.54, 1.807) is 6.92 Å². The number of methoxy groups -OCH3 is 1. The van der Waals surface area contributed by atoms with Crippen LogP contribution in [0.25, 0.3) is 0 Å². The zero-order valence-corrected chi connectivity index (χ0v) is 8.43. The number of nitrogens with two attached hydrogens (primary N) is 1. The van der Waals surface area contributed by atoms with E-state index in [-0.39, 0.29) is 5.75 Å². The van der Waals surface area contributed by atoms with Gasteiger partial charge in [-0.25, -0.2) is 0 Å². The average Bonchev–Trinajstić information content (AvgIpc) is 2.15. The zero-order chi connectivity index (χ0) is 11.6. The first-order valence-corrected chi connectivity index (χ1v) is 4.37. The van der Waals surface area contributed by atoms with E-state index in [2.05, 4.69) is 0 Å². The molecule has 2 nitrogen and oxygen atoms in total. The average molecular weight is 219 g/mol. The van der Waals surface area contributed by atoms with Crippen molar-refractivity contribution in [2.75, 3.05) is 7.11 Å². The monoisotopic (exact) mass is 219 g/mol. The Hall–Kier alpha value is -1.23. The Balaban J connectivity index is 3.35. The molecule has 0 saturated heterocycles. The number of alkyl halides is 3. The third-order valence-corrected chi connectivity index (χ3v) is 2.05. The van der Waals surface area contributed by atoms with E-state index in [0.717, 1.165) is 6.07 Å². The Bertz CT molecular complexity index is 347. The summed E-state index contributed by atoms with van der Waals surface area (Å²) in [6.07, 6.45) is -4.42. The summed E-state index contributed by atoms with van der Waals surface area (Å²) in [4.78, 5) is 0. The molecule has 0 aliphatic rings. The van der Waals surface area contributed by atoms with Gasteiger partial charge < -0.3 is 10.5 Å². The molecule has 0 spiro atoms. The SMILES string of the molecule is COc1c([C@H](C)N)cccc1C(F)(F)F. The number of hydrogen-bond donors (Lipinski definition) is 1. The summed E-state index contributed by atoms with van der Waals surface area (Å²) in [6.45, 7) is 1.61. The van der Waals surface area contributed by atoms with Crippen molar-refractivity contribution in [2.45, 2.75) is 19.1 Å². The van der Waals surface area contributed by atoms with Crippen LogP contribution in [0.15, 0.2) is 18.2 Å². The fraction of sp³-hybridized carbons (Fsp3) is 0.400. The number of halogens is 3. The molecule has 0 heterocycles. The number of para-hydroxylation sites is 1. The van der Waals surface area contributed by atoms with Crippen LogP contribution in [-0.2, 0) is 6.18 Å². The molecule has 0 unspecified atom stereocenters. The second-order valence-electron chi connectivity index (χ2n) is 3.21. The molecule has 5 heteroatoms. The van der Waals surface area contributed by atoms with Crippen LogP contribution in [0.1, 0.15) is 24.1 Å². The van der Waals surface area contributed by atoms with Crippen molar-refractivity contribution in [3.63, 3.8) is 0 Å². The molecule has 1 atom stereocenters. The molecule has 0 aliphatic heterocycles. The number of rotatable bonds is 2. The highest BCUT2D eigenvalue weighted by Gasteiger charge is 2.35. The van der Waals surface area contributed by atoms with Gasteiger partial charge in [0.25, 0.3) is 0 Å². The fourth-order valence-electron chi connectivity index (χ4n) is 1.36. The van der Waals surface area contributed by atoms with Crippen LogP contribution in [0.4, 0.5) is 13.2 Å². The smallest absolute Gasteiger partial charge is 0.419 e. The molecular formula is C10H12F3NO. The summed E-state index contributed by atoms with van der Waals surface area (Å²) in [5, 5.41) is 0. The molecule has 1 aromatic carbocycles. The van der Waals surface area contributed by atoms with Gasteiger partial charge in [-0.3, -0.25) is 0 Å². The normalized spacial score (nSPS) is 13.7. The maximum Gasteiger partial charge on any atom is 0.419 e. The summed E-state index contributed by atoms with van der Waals surface area (Å²) in [7, 11) is 1.20. The van der Waals surface area contributed by atoms with Crippen LogP contribution in [0.3, 0.4) is 0 Å². The van der Waals surface area contributed by atoms with Gasteiger partial charge in [0.1, 0.15) is 5.75 Å². The summed E-state index contributed by atoms with van der Waals surface area (Å²) >= 11 is 0. The minimum Gasteiger partial charge on any atom is -0.496 e. The van der Waals surface area contributed by atoms with Gasteiger partial charge in [-0.1, -0.05) is 12.1 Å². The largest absolute Gasteiger partial charge is 0.496 e. The standard InChI is InChI=1S/C10H12F3NO/c1-6(14)7-4-3-5-8(9(7)15-2)10(11,12)13/h3-6H,14H2,1-2H3/t6-/m0/s1. The van der Waals surface area contributed by atoms with E-state index in [1.807, 2.05) is 0 Å². The van der Waals surface area contributed by atoms with Crippen LogP contribution >= 0.6 is 0 Å². The number of hydrogen-bond acceptors (Lipinski definition) is 2. The molecule has 2 N–H and O–H groups in total. The lowest BCUT2D eigenvalue weighted by Gasteiger charge is -2.17. The highest BCUT2D eigenvalue weighted by Crippen LogP contribution is 2.39. The van der Waals surface area contributed by atoms with Gasteiger partial charge in [-0.15, -0.1) is 0 Å². The van der Waals surface area contributed by atoms with Crippen molar-refractivity contribution in [1.82, 2.24) is 0 Å². The third-order valence-electron chi connectivity index (χ3n) is 2.05. The molecule has 15 heavy (non-hydrogen) atoms. The molecule has 0 amide bonds. The van der Waals surface area contributed by atoms with Gasteiger partial charge in [0.05, 0.1) is 12.7 Å². The van der Waals surface area contributed by atoms with Crippen LogP contribution in [-0.4, -0.2) is 7.11 Å². The van der Waals surface area contributed by atoms with Gasteiger partial charge in [0.15, 0.2) is 0 Å². The van der Waals surface area contributed by atoms with Crippen molar-refractivity contribution >= 4 is 0 Å². The van der Waals surface area contributed by atoms with E-state index in [0.29, 0.717) is 5.56 Å². The highest BCUT2D eigenvalue weighted by molar-refractivity contribution is 5.44. The van der Waals surface area contributed by atoms with Crippen LogP contribution in [0.2, 0.25) is 0 Å². The maximum atomic E-state index is 12.6. The highest BCUT2D eigenvalue weighted by atomic mass is 19.4. The second-order valence-corrected chi connectivity index (χ2v) is 3.21. The maximum absolute atomic E-state index is 12.6. The van der Waals surface area contributed by atoms with Crippen molar-refractivity contribution in [2.24, 2.45) is 5.73 Å². The van der Waals surface area contributed by atoms with Gasteiger partial charge >= 0.3 is 6.18 Å². The molecule has 0 bridgehead atoms. The van der Waals surface area contributed by atoms with Crippen molar-refractivity contribution in [1.29, 1.82) is 0 Å². The summed E-state index contributed by atoms with van der Waals surface area (Å²) in [5.41, 5.74) is 5.12. The molecule has 0 saturated carbocycles. The molecule has 0 aliphatic carbocycles. The van der Waals surface area contributed by atoms with Crippen molar-refractivity contribution in [3.8, 4) is 5.75 Å². The first-order chi connectivity index (χ1) is 6.88. The molecule has 1 aromatic rings. The van der Waals surface area contributed by atoms with Gasteiger partial charge in [0, 0.05) is 11.6 Å². The number of benzene rings is 1. The first kappa shape index (κ1) is 11.8. The predicted molar refractivity (Wildman–Crippen MR) is 50.6 cm³/mol. The van der Waals surface area contributed by atoms with E-state index >= 15 is 0 Å². The molecule has 1 rings (SSSR count). The van der Waals surface area contributed by atoms with E-state index in [1.165, 1.54) is 19.2 Å². The molecule has 0 fully saturated rings. The van der Waals surface area contributed by atoms with E-state index < -0.39 is 17.8 Å². The Morgan fingerprint density at radius 3 is 2.33 bits per heavy atom. The Morgan fingerprint density at radius 1 is 1.33 bits per heavy atom. The lowest BCUT2D eigenvalue weighted by molar-refractivity contribution is -0.138. The topological polar surface area (TPSA) is 35.2 Å². The zero-order valence-electron chi connectivity index (χ0n) is 8.43. The molecule has 84 valence electrons. The molecule has 0 radical (unpaired) electrons. The van der Waals surface area contributed by atoms with Gasteiger partial charge in [-0.2, -0.15) is 13.2 Å². The summed E-state index contributed by atoms with van der Waals surface area (Å²) in [6, 6.07) is 3.33. The van der Waals surface area contributed by atoms with Crippen LogP contribution < -0.4 is 10.5 Å². The lowest BCUT2D eigenvalue weighted by Crippen LogP contribution is -2.13. The van der Waals surface area contributed by atoms with Crippen LogP contribution in [0, 0.1) is 0 Å². The Labute approximate surface area is 85.8 Å². The van der Waals surface area contributed by atoms with E-state index in [9.17, 15) is 13.2 Å².